The average Bonchev–Trinajstić information content (AvgIpc) is 2.38. The van der Waals surface area contributed by atoms with Gasteiger partial charge in [0.05, 0.1) is 5.56 Å². The van der Waals surface area contributed by atoms with Crippen LogP contribution in [0.3, 0.4) is 0 Å². The van der Waals surface area contributed by atoms with Crippen LogP contribution >= 0.6 is 0 Å². The molecule has 0 aliphatic carbocycles. The molecule has 0 aliphatic heterocycles. The van der Waals surface area contributed by atoms with Crippen LogP contribution in [0.4, 0.5) is 0 Å². The lowest BCUT2D eigenvalue weighted by molar-refractivity contribution is 0.371. The summed E-state index contributed by atoms with van der Waals surface area (Å²) in [5, 5.41) is 37.9. The minimum Gasteiger partial charge on any atom is -0.504 e. The SMILES string of the molecule is Oc1cc(O)c(O)c(C=Cc2ccccc2)c1O. The molecular formula is C14H12O4. The fourth-order valence-corrected chi connectivity index (χ4v) is 1.56. The highest BCUT2D eigenvalue weighted by Crippen LogP contribution is 2.42. The summed E-state index contributed by atoms with van der Waals surface area (Å²) >= 11 is 0. The van der Waals surface area contributed by atoms with Crippen molar-refractivity contribution in [1.82, 2.24) is 0 Å². The third kappa shape index (κ3) is 2.22. The first-order valence-corrected chi connectivity index (χ1v) is 5.29. The zero-order valence-corrected chi connectivity index (χ0v) is 9.41. The van der Waals surface area contributed by atoms with Crippen molar-refractivity contribution in [3.63, 3.8) is 0 Å². The molecule has 0 spiro atoms. The van der Waals surface area contributed by atoms with Crippen molar-refractivity contribution in [3.8, 4) is 23.0 Å². The first kappa shape index (κ1) is 11.9. The summed E-state index contributed by atoms with van der Waals surface area (Å²) < 4.78 is 0. The molecule has 92 valence electrons. The van der Waals surface area contributed by atoms with E-state index in [9.17, 15) is 20.4 Å². The van der Waals surface area contributed by atoms with E-state index in [1.54, 1.807) is 6.08 Å². The summed E-state index contributed by atoms with van der Waals surface area (Å²) in [5.74, 6) is -1.93. The number of hydrogen-bond donors (Lipinski definition) is 4. The molecule has 2 aromatic rings. The lowest BCUT2D eigenvalue weighted by Gasteiger charge is -2.06. The van der Waals surface area contributed by atoms with Gasteiger partial charge in [0.2, 0.25) is 0 Å². The van der Waals surface area contributed by atoms with Crippen molar-refractivity contribution in [2.45, 2.75) is 0 Å². The van der Waals surface area contributed by atoms with Crippen LogP contribution in [0.5, 0.6) is 23.0 Å². The molecule has 0 atom stereocenters. The van der Waals surface area contributed by atoms with Gasteiger partial charge in [-0.05, 0) is 11.6 Å². The van der Waals surface area contributed by atoms with Crippen LogP contribution in [0.15, 0.2) is 36.4 Å². The van der Waals surface area contributed by atoms with Crippen LogP contribution < -0.4 is 0 Å². The third-order valence-electron chi connectivity index (χ3n) is 2.51. The zero-order chi connectivity index (χ0) is 13.1. The maximum Gasteiger partial charge on any atom is 0.168 e. The Bertz CT molecular complexity index is 562. The number of phenolic OH excluding ortho intramolecular Hbond substituents is 4. The van der Waals surface area contributed by atoms with Crippen molar-refractivity contribution < 1.29 is 20.4 Å². The molecule has 2 rings (SSSR count). The van der Waals surface area contributed by atoms with Crippen LogP contribution in [0.1, 0.15) is 11.1 Å². The van der Waals surface area contributed by atoms with E-state index in [-0.39, 0.29) is 5.56 Å². The Kier molecular flexibility index (Phi) is 3.10. The van der Waals surface area contributed by atoms with E-state index in [0.29, 0.717) is 0 Å². The summed E-state index contributed by atoms with van der Waals surface area (Å²) in [7, 11) is 0. The molecule has 0 radical (unpaired) electrons. The number of aromatic hydroxyl groups is 4. The fraction of sp³-hybridized carbons (Fsp3) is 0. The Labute approximate surface area is 104 Å². The van der Waals surface area contributed by atoms with Gasteiger partial charge in [-0.2, -0.15) is 0 Å². The van der Waals surface area contributed by atoms with Crippen LogP contribution in [0, 0.1) is 0 Å². The van der Waals surface area contributed by atoms with E-state index < -0.39 is 23.0 Å². The molecule has 0 saturated heterocycles. The van der Waals surface area contributed by atoms with Crippen LogP contribution in [-0.2, 0) is 0 Å². The lowest BCUT2D eigenvalue weighted by atomic mass is 10.1. The molecule has 18 heavy (non-hydrogen) atoms. The summed E-state index contributed by atoms with van der Waals surface area (Å²) in [6, 6.07) is 10.1. The van der Waals surface area contributed by atoms with Crippen molar-refractivity contribution in [2.75, 3.05) is 0 Å². The molecule has 4 nitrogen and oxygen atoms in total. The zero-order valence-electron chi connectivity index (χ0n) is 9.41. The van der Waals surface area contributed by atoms with Gasteiger partial charge in [0.15, 0.2) is 23.0 Å². The van der Waals surface area contributed by atoms with E-state index in [1.807, 2.05) is 30.3 Å². The fourth-order valence-electron chi connectivity index (χ4n) is 1.56. The molecule has 0 bridgehead atoms. The summed E-state index contributed by atoms with van der Waals surface area (Å²) in [6.07, 6.45) is 3.06. The van der Waals surface area contributed by atoms with Gasteiger partial charge >= 0.3 is 0 Å². The van der Waals surface area contributed by atoms with Crippen molar-refractivity contribution in [1.29, 1.82) is 0 Å². The molecule has 0 aliphatic rings. The highest BCUT2D eigenvalue weighted by atomic mass is 16.3. The largest absolute Gasteiger partial charge is 0.504 e. The average molecular weight is 244 g/mol. The van der Waals surface area contributed by atoms with Gasteiger partial charge in [0, 0.05) is 6.07 Å². The molecule has 4 heteroatoms. The topological polar surface area (TPSA) is 80.9 Å². The second-order valence-corrected chi connectivity index (χ2v) is 3.77. The Morgan fingerprint density at radius 3 is 1.83 bits per heavy atom. The van der Waals surface area contributed by atoms with Crippen LogP contribution in [-0.4, -0.2) is 20.4 Å². The second-order valence-electron chi connectivity index (χ2n) is 3.77. The third-order valence-corrected chi connectivity index (χ3v) is 2.51. The molecule has 0 heterocycles. The van der Waals surface area contributed by atoms with Crippen LogP contribution in [0.2, 0.25) is 0 Å². The molecule has 0 amide bonds. The lowest BCUT2D eigenvalue weighted by Crippen LogP contribution is -1.80. The first-order chi connectivity index (χ1) is 8.59. The van der Waals surface area contributed by atoms with Crippen molar-refractivity contribution in [2.24, 2.45) is 0 Å². The van der Waals surface area contributed by atoms with E-state index in [0.717, 1.165) is 11.6 Å². The number of rotatable bonds is 2. The normalized spacial score (nSPS) is 10.9. The second kappa shape index (κ2) is 4.71. The van der Waals surface area contributed by atoms with Gasteiger partial charge in [0.25, 0.3) is 0 Å². The molecule has 0 aromatic heterocycles. The Hall–Kier alpha value is -2.62. The smallest absolute Gasteiger partial charge is 0.168 e. The highest BCUT2D eigenvalue weighted by molar-refractivity contribution is 5.79. The van der Waals surface area contributed by atoms with E-state index in [4.69, 9.17) is 0 Å². The number of hydrogen-bond acceptors (Lipinski definition) is 4. The van der Waals surface area contributed by atoms with Gasteiger partial charge < -0.3 is 20.4 Å². The standard InChI is InChI=1S/C14H12O4/c15-11-8-12(16)14(18)10(13(11)17)7-6-9-4-2-1-3-5-9/h1-8,15-18H. The van der Waals surface area contributed by atoms with E-state index >= 15 is 0 Å². The number of phenols is 4. The molecule has 2 aromatic carbocycles. The summed E-state index contributed by atoms with van der Waals surface area (Å²) in [6.45, 7) is 0. The monoisotopic (exact) mass is 244 g/mol. The maximum atomic E-state index is 9.61. The predicted molar refractivity (Wildman–Crippen MR) is 68.5 cm³/mol. The first-order valence-electron chi connectivity index (χ1n) is 5.29. The quantitative estimate of drug-likeness (QED) is 0.372. The minimum atomic E-state index is -0.488. The van der Waals surface area contributed by atoms with Gasteiger partial charge in [-0.1, -0.05) is 36.4 Å². The minimum absolute atomic E-state index is 0.0312. The van der Waals surface area contributed by atoms with E-state index in [1.165, 1.54) is 6.08 Å². The Morgan fingerprint density at radius 2 is 1.28 bits per heavy atom. The highest BCUT2D eigenvalue weighted by Gasteiger charge is 2.14. The molecule has 0 saturated carbocycles. The Balaban J connectivity index is 2.44. The Morgan fingerprint density at radius 1 is 0.722 bits per heavy atom. The molecule has 0 fully saturated rings. The summed E-state index contributed by atoms with van der Waals surface area (Å²) in [4.78, 5) is 0. The number of benzene rings is 2. The maximum absolute atomic E-state index is 9.61. The van der Waals surface area contributed by atoms with Crippen molar-refractivity contribution in [3.05, 3.63) is 47.5 Å². The predicted octanol–water partition coefficient (Wildman–Crippen LogP) is 2.68. The van der Waals surface area contributed by atoms with Crippen molar-refractivity contribution >= 4 is 12.2 Å². The molecule has 4 N–H and O–H groups in total. The summed E-state index contributed by atoms with van der Waals surface area (Å²) in [5.41, 5.74) is 0.829. The van der Waals surface area contributed by atoms with E-state index in [2.05, 4.69) is 0 Å². The van der Waals surface area contributed by atoms with Gasteiger partial charge in [0.1, 0.15) is 0 Å². The van der Waals surface area contributed by atoms with Gasteiger partial charge in [-0.3, -0.25) is 0 Å². The van der Waals surface area contributed by atoms with Crippen LogP contribution in [0.25, 0.3) is 12.2 Å². The van der Waals surface area contributed by atoms with Gasteiger partial charge in [-0.15, -0.1) is 0 Å². The molecular weight excluding hydrogens is 232 g/mol. The molecule has 0 unspecified atom stereocenters. The van der Waals surface area contributed by atoms with Gasteiger partial charge in [-0.25, -0.2) is 0 Å².